The lowest BCUT2D eigenvalue weighted by molar-refractivity contribution is 0.0952. The number of anilines is 1. The number of rotatable bonds is 6. The van der Waals surface area contributed by atoms with Gasteiger partial charge in [0.25, 0.3) is 11.8 Å². The zero-order valence-electron chi connectivity index (χ0n) is 15.5. The van der Waals surface area contributed by atoms with Crippen molar-refractivity contribution in [3.63, 3.8) is 0 Å². The van der Waals surface area contributed by atoms with Crippen molar-refractivity contribution in [2.45, 2.75) is 6.54 Å². The molecule has 0 saturated heterocycles. The Kier molecular flexibility index (Phi) is 6.75. The van der Waals surface area contributed by atoms with E-state index in [1.807, 2.05) is 24.3 Å². The summed E-state index contributed by atoms with van der Waals surface area (Å²) in [6.45, 7) is 0.345. The van der Waals surface area contributed by atoms with Gasteiger partial charge in [0.05, 0.1) is 28.4 Å². The minimum atomic E-state index is -0.390. The zero-order valence-corrected chi connectivity index (χ0v) is 17.1. The van der Waals surface area contributed by atoms with Gasteiger partial charge in [-0.2, -0.15) is 0 Å². The number of nitrogens with one attached hydrogen (secondary N) is 2. The summed E-state index contributed by atoms with van der Waals surface area (Å²) in [4.78, 5) is 25.2. The topological polar surface area (TPSA) is 67.4 Å². The normalized spacial score (nSPS) is 10.3. The molecule has 2 amide bonds. The van der Waals surface area contributed by atoms with Crippen LogP contribution in [0.3, 0.4) is 0 Å². The molecule has 0 aliphatic heterocycles. The molecular weight excluding hydrogens is 411 g/mol. The van der Waals surface area contributed by atoms with Crippen LogP contribution in [0, 0.1) is 0 Å². The van der Waals surface area contributed by atoms with Gasteiger partial charge >= 0.3 is 0 Å². The molecule has 0 radical (unpaired) electrons. The Morgan fingerprint density at radius 2 is 1.62 bits per heavy atom. The molecule has 0 aliphatic carbocycles. The van der Waals surface area contributed by atoms with Gasteiger partial charge in [0.1, 0.15) is 5.75 Å². The largest absolute Gasteiger partial charge is 0.497 e. The van der Waals surface area contributed by atoms with Crippen LogP contribution in [0.2, 0.25) is 10.0 Å². The fourth-order valence-corrected chi connectivity index (χ4v) is 2.94. The van der Waals surface area contributed by atoms with E-state index in [1.54, 1.807) is 43.5 Å². The molecule has 3 rings (SSSR count). The van der Waals surface area contributed by atoms with E-state index in [0.717, 1.165) is 11.3 Å². The highest BCUT2D eigenvalue weighted by Crippen LogP contribution is 2.24. The van der Waals surface area contributed by atoms with Crippen LogP contribution in [0.4, 0.5) is 5.69 Å². The maximum atomic E-state index is 12.7. The number of para-hydroxylation sites is 1. The van der Waals surface area contributed by atoms with Crippen molar-refractivity contribution in [1.29, 1.82) is 0 Å². The van der Waals surface area contributed by atoms with Crippen molar-refractivity contribution in [1.82, 2.24) is 5.32 Å². The lowest BCUT2D eigenvalue weighted by Crippen LogP contribution is -2.24. The van der Waals surface area contributed by atoms with E-state index in [9.17, 15) is 9.59 Å². The number of methoxy groups -OCH3 is 1. The first-order valence-electron chi connectivity index (χ1n) is 8.74. The summed E-state index contributed by atoms with van der Waals surface area (Å²) in [6, 6.07) is 18.8. The van der Waals surface area contributed by atoms with E-state index in [1.165, 1.54) is 6.07 Å². The van der Waals surface area contributed by atoms with Gasteiger partial charge in [0.15, 0.2) is 0 Å². The molecule has 0 saturated carbocycles. The average Bonchev–Trinajstić information content (AvgIpc) is 2.74. The molecule has 0 spiro atoms. The van der Waals surface area contributed by atoms with Gasteiger partial charge in [-0.1, -0.05) is 47.5 Å². The number of hydrogen-bond acceptors (Lipinski definition) is 3. The summed E-state index contributed by atoms with van der Waals surface area (Å²) in [6.07, 6.45) is 0. The number of amides is 2. The number of benzene rings is 3. The average molecular weight is 429 g/mol. The summed E-state index contributed by atoms with van der Waals surface area (Å²) in [5, 5.41) is 6.25. The van der Waals surface area contributed by atoms with E-state index >= 15 is 0 Å². The van der Waals surface area contributed by atoms with E-state index in [0.29, 0.717) is 28.4 Å². The van der Waals surface area contributed by atoms with Gasteiger partial charge in [-0.15, -0.1) is 0 Å². The van der Waals surface area contributed by atoms with Crippen molar-refractivity contribution >= 4 is 40.7 Å². The Balaban J connectivity index is 1.70. The SMILES string of the molecule is COc1ccc(CNC(=O)c2ccccc2NC(=O)c2ccc(Cl)c(Cl)c2)cc1. The molecule has 3 aromatic carbocycles. The summed E-state index contributed by atoms with van der Waals surface area (Å²) in [5.41, 5.74) is 2.02. The second kappa shape index (κ2) is 9.45. The molecule has 148 valence electrons. The highest BCUT2D eigenvalue weighted by Gasteiger charge is 2.15. The fraction of sp³-hybridized carbons (Fsp3) is 0.0909. The molecular formula is C22H18Cl2N2O3. The highest BCUT2D eigenvalue weighted by molar-refractivity contribution is 6.42. The van der Waals surface area contributed by atoms with Gasteiger partial charge in [0, 0.05) is 12.1 Å². The quantitative estimate of drug-likeness (QED) is 0.567. The van der Waals surface area contributed by atoms with Gasteiger partial charge in [-0.25, -0.2) is 0 Å². The minimum absolute atomic E-state index is 0.282. The van der Waals surface area contributed by atoms with Gasteiger partial charge < -0.3 is 15.4 Å². The van der Waals surface area contributed by atoms with Crippen LogP contribution >= 0.6 is 23.2 Å². The first-order chi connectivity index (χ1) is 14.0. The van der Waals surface area contributed by atoms with Gasteiger partial charge in [0.2, 0.25) is 0 Å². The Morgan fingerprint density at radius 1 is 0.897 bits per heavy atom. The van der Waals surface area contributed by atoms with Crippen LogP contribution in [0.15, 0.2) is 66.7 Å². The Bertz CT molecular complexity index is 1040. The smallest absolute Gasteiger partial charge is 0.255 e. The van der Waals surface area contributed by atoms with Crippen LogP contribution in [-0.4, -0.2) is 18.9 Å². The third-order valence-electron chi connectivity index (χ3n) is 4.21. The maximum absolute atomic E-state index is 12.7. The molecule has 0 aromatic heterocycles. The predicted octanol–water partition coefficient (Wildman–Crippen LogP) is 5.18. The second-order valence-corrected chi connectivity index (χ2v) is 6.97. The van der Waals surface area contributed by atoms with Crippen LogP contribution in [0.1, 0.15) is 26.3 Å². The fourth-order valence-electron chi connectivity index (χ4n) is 2.64. The van der Waals surface area contributed by atoms with E-state index in [-0.39, 0.29) is 16.8 Å². The molecule has 5 nitrogen and oxygen atoms in total. The summed E-state index contributed by atoms with van der Waals surface area (Å²) >= 11 is 11.9. The molecule has 0 bridgehead atoms. The predicted molar refractivity (Wildman–Crippen MR) is 115 cm³/mol. The lowest BCUT2D eigenvalue weighted by atomic mass is 10.1. The molecule has 0 heterocycles. The molecule has 7 heteroatoms. The van der Waals surface area contributed by atoms with Crippen LogP contribution in [0.25, 0.3) is 0 Å². The third-order valence-corrected chi connectivity index (χ3v) is 4.95. The summed E-state index contributed by atoms with van der Waals surface area (Å²) < 4.78 is 5.12. The van der Waals surface area contributed by atoms with Crippen LogP contribution < -0.4 is 15.4 Å². The van der Waals surface area contributed by atoms with Gasteiger partial charge in [-0.3, -0.25) is 9.59 Å². The van der Waals surface area contributed by atoms with Crippen LogP contribution in [-0.2, 0) is 6.54 Å². The molecule has 2 N–H and O–H groups in total. The number of ether oxygens (including phenoxy) is 1. The Hall–Kier alpha value is -3.02. The van der Waals surface area contributed by atoms with Crippen molar-refractivity contribution in [3.05, 3.63) is 93.5 Å². The number of carbonyl (C=O) groups is 2. The molecule has 3 aromatic rings. The minimum Gasteiger partial charge on any atom is -0.497 e. The third kappa shape index (κ3) is 5.28. The second-order valence-electron chi connectivity index (χ2n) is 6.16. The molecule has 0 unspecified atom stereocenters. The molecule has 29 heavy (non-hydrogen) atoms. The maximum Gasteiger partial charge on any atom is 0.255 e. The van der Waals surface area contributed by atoms with Gasteiger partial charge in [-0.05, 0) is 48.0 Å². The standard InChI is InChI=1S/C22H18Cl2N2O3/c1-29-16-9-6-14(7-10-16)13-25-22(28)17-4-2-3-5-20(17)26-21(27)15-8-11-18(23)19(24)12-15/h2-12H,13H2,1H3,(H,25,28)(H,26,27). The Labute approximate surface area is 178 Å². The number of hydrogen-bond donors (Lipinski definition) is 2. The number of halogens is 2. The lowest BCUT2D eigenvalue weighted by Gasteiger charge is -2.12. The van der Waals surface area contributed by atoms with Crippen molar-refractivity contribution in [2.75, 3.05) is 12.4 Å². The molecule has 0 fully saturated rings. The summed E-state index contributed by atoms with van der Waals surface area (Å²) in [5.74, 6) is 0.0558. The van der Waals surface area contributed by atoms with E-state index in [2.05, 4.69) is 10.6 Å². The number of carbonyl (C=O) groups excluding carboxylic acids is 2. The van der Waals surface area contributed by atoms with Crippen molar-refractivity contribution in [3.8, 4) is 5.75 Å². The van der Waals surface area contributed by atoms with E-state index in [4.69, 9.17) is 27.9 Å². The first-order valence-corrected chi connectivity index (χ1v) is 9.50. The van der Waals surface area contributed by atoms with Crippen molar-refractivity contribution < 1.29 is 14.3 Å². The summed E-state index contributed by atoms with van der Waals surface area (Å²) in [7, 11) is 1.60. The zero-order chi connectivity index (χ0) is 20.8. The van der Waals surface area contributed by atoms with Crippen molar-refractivity contribution in [2.24, 2.45) is 0 Å². The molecule has 0 aliphatic rings. The molecule has 0 atom stereocenters. The first kappa shape index (κ1) is 20.7. The van der Waals surface area contributed by atoms with E-state index < -0.39 is 0 Å². The highest BCUT2D eigenvalue weighted by atomic mass is 35.5. The van der Waals surface area contributed by atoms with Crippen LogP contribution in [0.5, 0.6) is 5.75 Å². The Morgan fingerprint density at radius 3 is 2.31 bits per heavy atom. The monoisotopic (exact) mass is 428 g/mol.